The molecule has 0 bridgehead atoms. The predicted molar refractivity (Wildman–Crippen MR) is 114 cm³/mol. The highest BCUT2D eigenvalue weighted by molar-refractivity contribution is 7.91. The van der Waals surface area contributed by atoms with Crippen molar-refractivity contribution in [2.75, 3.05) is 12.3 Å². The Morgan fingerprint density at radius 1 is 1.17 bits per heavy atom. The van der Waals surface area contributed by atoms with Crippen molar-refractivity contribution >= 4 is 28.3 Å². The van der Waals surface area contributed by atoms with Crippen molar-refractivity contribution in [1.29, 1.82) is 0 Å². The second-order valence-corrected chi connectivity index (χ2v) is 11.2. The first-order valence-corrected chi connectivity index (χ1v) is 12.3. The molecule has 1 aromatic rings. The Balaban J connectivity index is 1.60. The molecule has 10 heteroatoms. The number of carbonyl (C=O) groups excluding carboxylic acids is 1. The lowest BCUT2D eigenvalue weighted by molar-refractivity contribution is -0.132. The summed E-state index contributed by atoms with van der Waals surface area (Å²) in [6.45, 7) is 10.1. The summed E-state index contributed by atoms with van der Waals surface area (Å²) in [6, 6.07) is 0.123. The fraction of sp³-hybridized carbons (Fsp3) is 0.750. The number of likely N-dealkylation sites (tertiary alicyclic amines) is 1. The Labute approximate surface area is 179 Å². The van der Waals surface area contributed by atoms with Gasteiger partial charge in [0.25, 0.3) is 0 Å². The molecule has 2 aliphatic heterocycles. The van der Waals surface area contributed by atoms with Crippen LogP contribution >= 0.6 is 0 Å². The van der Waals surface area contributed by atoms with E-state index in [0.717, 1.165) is 25.8 Å². The molecule has 0 unspecified atom stereocenters. The van der Waals surface area contributed by atoms with Crippen LogP contribution in [0.1, 0.15) is 66.7 Å². The van der Waals surface area contributed by atoms with E-state index in [2.05, 4.69) is 9.97 Å². The minimum absolute atomic E-state index is 0.0366. The minimum atomic E-state index is -3.59. The van der Waals surface area contributed by atoms with Gasteiger partial charge in [-0.25, -0.2) is 18.4 Å². The molecule has 3 rings (SSSR count). The number of rotatable bonds is 6. The second kappa shape index (κ2) is 8.55. The van der Waals surface area contributed by atoms with Crippen LogP contribution in [0, 0.1) is 0 Å². The Morgan fingerprint density at radius 2 is 1.77 bits per heavy atom. The molecule has 2 saturated heterocycles. The van der Waals surface area contributed by atoms with Gasteiger partial charge in [0.05, 0.1) is 17.0 Å². The molecule has 1 aromatic heterocycles. The first kappa shape index (κ1) is 23.2. The van der Waals surface area contributed by atoms with E-state index in [1.54, 1.807) is 6.92 Å². The summed E-state index contributed by atoms with van der Waals surface area (Å²) in [5.41, 5.74) is -0.392. The molecule has 0 saturated carbocycles. The molecule has 8 nitrogen and oxygen atoms in total. The van der Waals surface area contributed by atoms with E-state index in [-0.39, 0.29) is 22.9 Å². The molecule has 1 amide bonds. The third-order valence-corrected chi connectivity index (χ3v) is 8.03. The van der Waals surface area contributed by atoms with E-state index in [4.69, 9.17) is 9.31 Å². The predicted octanol–water partition coefficient (Wildman–Crippen LogP) is 1.73. The summed E-state index contributed by atoms with van der Waals surface area (Å²) in [5.74, 6) is 0.0228. The molecule has 2 aliphatic rings. The van der Waals surface area contributed by atoms with Crippen molar-refractivity contribution < 1.29 is 22.5 Å². The van der Waals surface area contributed by atoms with E-state index in [0.29, 0.717) is 18.3 Å². The van der Waals surface area contributed by atoms with Gasteiger partial charge in [-0.15, -0.1) is 0 Å². The Kier molecular flexibility index (Phi) is 6.60. The molecule has 30 heavy (non-hydrogen) atoms. The fourth-order valence-corrected chi connectivity index (χ4v) is 5.06. The van der Waals surface area contributed by atoms with Crippen molar-refractivity contribution in [1.82, 2.24) is 14.9 Å². The van der Waals surface area contributed by atoms with Crippen LogP contribution < -0.4 is 5.46 Å². The SMILES string of the molecule is CC(=O)N1CCCC[C@@H]1CCCS(=O)(=O)c1ncc(B2OC(C)(C)C(C)(C)O2)cn1. The third-order valence-electron chi connectivity index (χ3n) is 6.43. The molecule has 2 fully saturated rings. The maximum Gasteiger partial charge on any atom is 0.498 e. The third kappa shape index (κ3) is 4.86. The first-order valence-electron chi connectivity index (χ1n) is 10.6. The molecule has 0 aliphatic carbocycles. The maximum absolute atomic E-state index is 12.7. The highest BCUT2D eigenvalue weighted by Gasteiger charge is 2.52. The summed E-state index contributed by atoms with van der Waals surface area (Å²) in [5, 5.41) is -0.185. The molecular formula is C20H32BN3O5S. The number of hydrogen-bond acceptors (Lipinski definition) is 7. The second-order valence-electron chi connectivity index (χ2n) is 9.21. The normalized spacial score (nSPS) is 23.6. The van der Waals surface area contributed by atoms with Crippen LogP contribution in [0.3, 0.4) is 0 Å². The molecule has 0 spiro atoms. The van der Waals surface area contributed by atoms with E-state index in [1.807, 2.05) is 32.6 Å². The van der Waals surface area contributed by atoms with E-state index in [1.165, 1.54) is 12.4 Å². The summed E-state index contributed by atoms with van der Waals surface area (Å²) < 4.78 is 37.2. The van der Waals surface area contributed by atoms with Crippen LogP contribution in [0.2, 0.25) is 0 Å². The topological polar surface area (TPSA) is 98.7 Å². The van der Waals surface area contributed by atoms with Gasteiger partial charge in [0.15, 0.2) is 0 Å². The van der Waals surface area contributed by atoms with E-state index >= 15 is 0 Å². The van der Waals surface area contributed by atoms with Gasteiger partial charge >= 0.3 is 7.12 Å². The van der Waals surface area contributed by atoms with Gasteiger partial charge in [-0.3, -0.25) is 4.79 Å². The largest absolute Gasteiger partial charge is 0.498 e. The van der Waals surface area contributed by atoms with Gasteiger partial charge in [0.1, 0.15) is 0 Å². The van der Waals surface area contributed by atoms with Gasteiger partial charge in [0.2, 0.25) is 20.9 Å². The van der Waals surface area contributed by atoms with Crippen molar-refractivity contribution in [2.24, 2.45) is 0 Å². The van der Waals surface area contributed by atoms with Gasteiger partial charge < -0.3 is 14.2 Å². The summed E-state index contributed by atoms with van der Waals surface area (Å²) >= 11 is 0. The van der Waals surface area contributed by atoms with Crippen molar-refractivity contribution in [2.45, 2.75) is 89.1 Å². The smallest absolute Gasteiger partial charge is 0.399 e. The summed E-state index contributed by atoms with van der Waals surface area (Å²) in [4.78, 5) is 21.8. The van der Waals surface area contributed by atoms with Crippen molar-refractivity contribution in [3.8, 4) is 0 Å². The molecular weight excluding hydrogens is 405 g/mol. The Bertz CT molecular complexity index is 857. The van der Waals surface area contributed by atoms with Crippen molar-refractivity contribution in [3.05, 3.63) is 12.4 Å². The molecule has 166 valence electrons. The average Bonchev–Trinajstić information content (AvgIpc) is 2.89. The van der Waals surface area contributed by atoms with Crippen LogP contribution in [0.5, 0.6) is 0 Å². The van der Waals surface area contributed by atoms with Crippen molar-refractivity contribution in [3.63, 3.8) is 0 Å². The highest BCUT2D eigenvalue weighted by Crippen LogP contribution is 2.36. The summed E-state index contributed by atoms with van der Waals surface area (Å²) in [6.07, 6.45) is 7.08. The number of sulfone groups is 1. The van der Waals surface area contributed by atoms with Gasteiger partial charge in [-0.05, 0) is 59.8 Å². The highest BCUT2D eigenvalue weighted by atomic mass is 32.2. The van der Waals surface area contributed by atoms with Crippen LogP contribution in [0.4, 0.5) is 0 Å². The number of hydrogen-bond donors (Lipinski definition) is 0. The minimum Gasteiger partial charge on any atom is -0.399 e. The van der Waals surface area contributed by atoms with Gasteiger partial charge in [-0.2, -0.15) is 0 Å². The number of piperidine rings is 1. The quantitative estimate of drug-likeness (QED) is 0.494. The van der Waals surface area contributed by atoms with Crippen LogP contribution in [0.25, 0.3) is 0 Å². The number of nitrogens with zero attached hydrogens (tertiary/aromatic N) is 3. The fourth-order valence-electron chi connectivity index (χ4n) is 3.90. The molecule has 0 radical (unpaired) electrons. The van der Waals surface area contributed by atoms with Crippen LogP contribution in [-0.4, -0.2) is 65.9 Å². The molecule has 0 N–H and O–H groups in total. The molecule has 0 aromatic carbocycles. The zero-order valence-electron chi connectivity index (χ0n) is 18.6. The zero-order valence-corrected chi connectivity index (χ0v) is 19.4. The molecule has 1 atom stereocenters. The number of amides is 1. The monoisotopic (exact) mass is 437 g/mol. The number of carbonyl (C=O) groups is 1. The summed E-state index contributed by atoms with van der Waals surface area (Å²) in [7, 11) is -4.22. The van der Waals surface area contributed by atoms with Crippen LogP contribution in [0.15, 0.2) is 17.6 Å². The lowest BCUT2D eigenvalue weighted by atomic mass is 9.81. The van der Waals surface area contributed by atoms with E-state index < -0.39 is 28.2 Å². The molecule has 3 heterocycles. The van der Waals surface area contributed by atoms with Gasteiger partial charge in [-0.1, -0.05) is 0 Å². The van der Waals surface area contributed by atoms with Crippen LogP contribution in [-0.2, 0) is 23.9 Å². The lowest BCUT2D eigenvalue weighted by Crippen LogP contribution is -2.42. The van der Waals surface area contributed by atoms with Gasteiger partial charge in [0, 0.05) is 37.4 Å². The standard InChI is InChI=1S/C20H32BN3O5S/c1-15(25)24-11-7-6-9-17(24)10-8-12-30(26,27)18-22-13-16(14-23-18)21-28-19(2,3)20(4,5)29-21/h13-14,17H,6-12H2,1-5H3/t17-/m1/s1. The maximum atomic E-state index is 12.7. The average molecular weight is 437 g/mol. The Morgan fingerprint density at radius 3 is 2.33 bits per heavy atom. The first-order chi connectivity index (χ1) is 13.9. The lowest BCUT2D eigenvalue weighted by Gasteiger charge is -2.35. The number of aromatic nitrogens is 2. The van der Waals surface area contributed by atoms with E-state index in [9.17, 15) is 13.2 Å². The zero-order chi connectivity index (χ0) is 22.2. The Hall–Kier alpha value is -1.52.